The minimum absolute atomic E-state index is 0.226. The first-order valence-electron chi connectivity index (χ1n) is 9.27. The van der Waals surface area contributed by atoms with Gasteiger partial charge in [0.1, 0.15) is 0 Å². The van der Waals surface area contributed by atoms with E-state index in [2.05, 4.69) is 13.8 Å². The maximum absolute atomic E-state index is 13.0. The molecule has 2 aromatic carbocycles. The number of amides is 1. The van der Waals surface area contributed by atoms with Crippen molar-refractivity contribution in [3.05, 3.63) is 65.2 Å². The summed E-state index contributed by atoms with van der Waals surface area (Å²) in [6.45, 7) is 4.66. The summed E-state index contributed by atoms with van der Waals surface area (Å²) in [6.07, 6.45) is 2.46. The zero-order valence-electron chi connectivity index (χ0n) is 15.4. The number of ketones is 1. The van der Waals surface area contributed by atoms with Crippen molar-refractivity contribution in [3.8, 4) is 0 Å². The highest BCUT2D eigenvalue weighted by atomic mass is 16.3. The number of benzene rings is 2. The van der Waals surface area contributed by atoms with Crippen molar-refractivity contribution in [3.63, 3.8) is 0 Å². The minimum Gasteiger partial charge on any atom is -0.375 e. The average molecular weight is 351 g/mol. The molecule has 26 heavy (non-hydrogen) atoms. The van der Waals surface area contributed by atoms with Gasteiger partial charge in [-0.05, 0) is 24.5 Å². The van der Waals surface area contributed by atoms with Gasteiger partial charge in [0.2, 0.25) is 0 Å². The summed E-state index contributed by atoms with van der Waals surface area (Å²) in [5.74, 6) is -0.624. The van der Waals surface area contributed by atoms with Crippen molar-refractivity contribution >= 4 is 17.4 Å². The van der Waals surface area contributed by atoms with Crippen molar-refractivity contribution in [1.82, 2.24) is 0 Å². The maximum atomic E-state index is 13.0. The topological polar surface area (TPSA) is 57.6 Å². The average Bonchev–Trinajstić information content (AvgIpc) is 2.88. The second kappa shape index (κ2) is 7.42. The normalized spacial score (nSPS) is 18.9. The number of para-hydroxylation sites is 1. The first kappa shape index (κ1) is 18.3. The van der Waals surface area contributed by atoms with Gasteiger partial charge in [0, 0.05) is 17.7 Å². The van der Waals surface area contributed by atoms with E-state index in [1.165, 1.54) is 0 Å². The van der Waals surface area contributed by atoms with E-state index in [9.17, 15) is 14.7 Å². The first-order valence-corrected chi connectivity index (χ1v) is 9.27. The molecule has 0 saturated carbocycles. The Morgan fingerprint density at radius 2 is 1.77 bits per heavy atom. The second-order valence-electron chi connectivity index (χ2n) is 6.84. The molecule has 1 N–H and O–H groups in total. The zero-order valence-corrected chi connectivity index (χ0v) is 15.4. The Bertz CT molecular complexity index is 812. The summed E-state index contributed by atoms with van der Waals surface area (Å²) in [5.41, 5.74) is 1.12. The highest BCUT2D eigenvalue weighted by molar-refractivity contribution is 6.10. The van der Waals surface area contributed by atoms with Gasteiger partial charge >= 0.3 is 0 Å². The van der Waals surface area contributed by atoms with Gasteiger partial charge < -0.3 is 10.0 Å². The van der Waals surface area contributed by atoms with Crippen molar-refractivity contribution < 1.29 is 14.7 Å². The fourth-order valence-corrected chi connectivity index (χ4v) is 3.48. The Labute approximate surface area is 154 Å². The number of rotatable bonds is 7. The van der Waals surface area contributed by atoms with Gasteiger partial charge in [-0.1, -0.05) is 62.7 Å². The van der Waals surface area contributed by atoms with E-state index >= 15 is 0 Å². The zero-order chi connectivity index (χ0) is 18.7. The van der Waals surface area contributed by atoms with Gasteiger partial charge in [-0.2, -0.15) is 0 Å². The lowest BCUT2D eigenvalue weighted by molar-refractivity contribution is -0.135. The van der Waals surface area contributed by atoms with E-state index in [1.54, 1.807) is 29.2 Å². The molecule has 1 amide bonds. The molecule has 0 spiro atoms. The Kier molecular flexibility index (Phi) is 5.23. The quantitative estimate of drug-likeness (QED) is 0.771. The number of carbonyl (C=O) groups excluding carboxylic acids is 2. The number of anilines is 1. The summed E-state index contributed by atoms with van der Waals surface area (Å²) >= 11 is 0. The predicted molar refractivity (Wildman–Crippen MR) is 102 cm³/mol. The maximum Gasteiger partial charge on any atom is 0.264 e. The Balaban J connectivity index is 1.90. The molecule has 0 unspecified atom stereocenters. The van der Waals surface area contributed by atoms with Crippen molar-refractivity contribution in [2.24, 2.45) is 0 Å². The number of carbonyl (C=O) groups is 2. The van der Waals surface area contributed by atoms with Crippen molar-refractivity contribution in [2.75, 3.05) is 11.4 Å². The molecule has 3 rings (SSSR count). The Hall–Kier alpha value is -2.46. The summed E-state index contributed by atoms with van der Waals surface area (Å²) in [7, 11) is 0. The number of hydrogen-bond acceptors (Lipinski definition) is 3. The van der Waals surface area contributed by atoms with Crippen LogP contribution in [0.4, 0.5) is 5.69 Å². The third kappa shape index (κ3) is 3.17. The minimum atomic E-state index is -1.79. The van der Waals surface area contributed by atoms with Crippen LogP contribution in [0.25, 0.3) is 0 Å². The number of aryl methyl sites for hydroxylation is 1. The molecular weight excluding hydrogens is 326 g/mol. The second-order valence-corrected chi connectivity index (χ2v) is 6.84. The number of Topliss-reactive ketones (excluding diaryl/α,β-unsaturated/α-hetero) is 1. The molecule has 0 aliphatic carbocycles. The number of fused-ring (bicyclic) bond motifs is 1. The van der Waals surface area contributed by atoms with Gasteiger partial charge in [0.05, 0.1) is 12.1 Å². The van der Waals surface area contributed by atoms with E-state index in [0.29, 0.717) is 23.4 Å². The molecule has 1 aliphatic heterocycles. The molecule has 1 atom stereocenters. The Morgan fingerprint density at radius 1 is 1.08 bits per heavy atom. The van der Waals surface area contributed by atoms with E-state index in [4.69, 9.17) is 0 Å². The van der Waals surface area contributed by atoms with Gasteiger partial charge in [-0.15, -0.1) is 0 Å². The summed E-state index contributed by atoms with van der Waals surface area (Å²) < 4.78 is 0. The number of hydrogen-bond donors (Lipinski definition) is 1. The number of aliphatic hydroxyl groups is 1. The molecular formula is C22H25NO3. The van der Waals surface area contributed by atoms with Crippen molar-refractivity contribution in [2.45, 2.75) is 45.1 Å². The lowest BCUT2D eigenvalue weighted by Gasteiger charge is -2.22. The SMILES string of the molecule is CCCCN1C(=O)[C@](O)(CC(=O)c2ccc(CC)cc2)c2ccccc21. The van der Waals surface area contributed by atoms with E-state index in [1.807, 2.05) is 24.3 Å². The summed E-state index contributed by atoms with van der Waals surface area (Å²) in [6, 6.07) is 14.6. The summed E-state index contributed by atoms with van der Waals surface area (Å²) in [5, 5.41) is 11.2. The molecule has 4 nitrogen and oxygen atoms in total. The molecule has 1 heterocycles. The molecule has 136 valence electrons. The molecule has 0 saturated heterocycles. The van der Waals surface area contributed by atoms with E-state index in [0.717, 1.165) is 24.8 Å². The van der Waals surface area contributed by atoms with Crippen LogP contribution >= 0.6 is 0 Å². The molecule has 0 radical (unpaired) electrons. The lowest BCUT2D eigenvalue weighted by atomic mass is 9.88. The lowest BCUT2D eigenvalue weighted by Crippen LogP contribution is -2.42. The molecule has 1 aliphatic rings. The van der Waals surface area contributed by atoms with E-state index < -0.39 is 11.5 Å². The predicted octanol–water partition coefficient (Wildman–Crippen LogP) is 3.86. The smallest absolute Gasteiger partial charge is 0.264 e. The first-order chi connectivity index (χ1) is 12.5. The molecule has 0 aromatic heterocycles. The molecule has 0 bridgehead atoms. The van der Waals surface area contributed by atoms with Crippen LogP contribution in [0, 0.1) is 0 Å². The van der Waals surface area contributed by atoms with Crippen molar-refractivity contribution in [1.29, 1.82) is 0 Å². The van der Waals surface area contributed by atoms with Crippen LogP contribution in [-0.4, -0.2) is 23.3 Å². The van der Waals surface area contributed by atoms with Crippen LogP contribution in [0.15, 0.2) is 48.5 Å². The Morgan fingerprint density at radius 3 is 2.42 bits per heavy atom. The highest BCUT2D eigenvalue weighted by Gasteiger charge is 2.50. The van der Waals surface area contributed by atoms with Crippen LogP contribution < -0.4 is 4.90 Å². The van der Waals surface area contributed by atoms with Gasteiger partial charge in [0.15, 0.2) is 11.4 Å². The highest BCUT2D eigenvalue weighted by Crippen LogP contribution is 2.42. The number of unbranched alkanes of at least 4 members (excludes halogenated alkanes) is 1. The van der Waals surface area contributed by atoms with Crippen LogP contribution in [-0.2, 0) is 16.8 Å². The summed E-state index contributed by atoms with van der Waals surface area (Å²) in [4.78, 5) is 27.3. The third-order valence-corrected chi connectivity index (χ3v) is 5.08. The largest absolute Gasteiger partial charge is 0.375 e. The molecule has 2 aromatic rings. The van der Waals surface area contributed by atoms with Crippen LogP contribution in [0.5, 0.6) is 0 Å². The molecule has 0 fully saturated rings. The monoisotopic (exact) mass is 351 g/mol. The molecule has 4 heteroatoms. The van der Waals surface area contributed by atoms with Gasteiger partial charge in [-0.3, -0.25) is 9.59 Å². The van der Waals surface area contributed by atoms with Gasteiger partial charge in [-0.25, -0.2) is 0 Å². The van der Waals surface area contributed by atoms with Crippen LogP contribution in [0.1, 0.15) is 54.6 Å². The van der Waals surface area contributed by atoms with Gasteiger partial charge in [0.25, 0.3) is 5.91 Å². The standard InChI is InChI=1S/C22H25NO3/c1-3-5-14-23-19-9-7-6-8-18(19)22(26,21(23)25)15-20(24)17-12-10-16(4-2)11-13-17/h6-13,26H,3-5,14-15H2,1-2H3/t22-/m0/s1. The number of nitrogens with zero attached hydrogens (tertiary/aromatic N) is 1. The van der Waals surface area contributed by atoms with Crippen LogP contribution in [0.2, 0.25) is 0 Å². The van der Waals surface area contributed by atoms with E-state index in [-0.39, 0.29) is 12.2 Å². The third-order valence-electron chi connectivity index (χ3n) is 5.08. The fourth-order valence-electron chi connectivity index (χ4n) is 3.48. The van der Waals surface area contributed by atoms with Crippen LogP contribution in [0.3, 0.4) is 0 Å². The fraction of sp³-hybridized carbons (Fsp3) is 0.364.